The van der Waals surface area contributed by atoms with Gasteiger partial charge in [0.15, 0.2) is 0 Å². The molecule has 0 aromatic carbocycles. The fourth-order valence-corrected chi connectivity index (χ4v) is 2.95. The minimum atomic E-state index is -0.485. The van der Waals surface area contributed by atoms with Crippen molar-refractivity contribution in [1.82, 2.24) is 0 Å². The Labute approximate surface area is 119 Å². The Bertz CT molecular complexity index is 311. The first kappa shape index (κ1) is 18.4. The van der Waals surface area contributed by atoms with Crippen molar-refractivity contribution in [3.63, 3.8) is 0 Å². The van der Waals surface area contributed by atoms with E-state index >= 15 is 0 Å². The standard InChI is InChI=1S/C17H32O2/c1-12(2)10-17(6,7)11-14(4)13(3)8-16(19)9-15(5)18/h10,13-14,16,19H,8-9,11H2,1-7H3. The molecule has 0 aliphatic carbocycles. The topological polar surface area (TPSA) is 37.3 Å². The van der Waals surface area contributed by atoms with E-state index in [1.807, 2.05) is 0 Å². The summed E-state index contributed by atoms with van der Waals surface area (Å²) >= 11 is 0. The molecular formula is C17H32O2. The molecule has 3 unspecified atom stereocenters. The van der Waals surface area contributed by atoms with Gasteiger partial charge in [-0.15, -0.1) is 0 Å². The SMILES string of the molecule is CC(=O)CC(O)CC(C)C(C)CC(C)(C)C=C(C)C. The first-order chi connectivity index (χ1) is 8.53. The molecule has 0 saturated carbocycles. The smallest absolute Gasteiger partial charge is 0.132 e. The van der Waals surface area contributed by atoms with Crippen LogP contribution < -0.4 is 0 Å². The summed E-state index contributed by atoms with van der Waals surface area (Å²) in [5.41, 5.74) is 1.54. The van der Waals surface area contributed by atoms with Crippen LogP contribution in [0, 0.1) is 17.3 Å². The van der Waals surface area contributed by atoms with Gasteiger partial charge in [0.1, 0.15) is 5.78 Å². The van der Waals surface area contributed by atoms with Gasteiger partial charge in [0.25, 0.3) is 0 Å². The highest BCUT2D eigenvalue weighted by Crippen LogP contribution is 2.33. The van der Waals surface area contributed by atoms with Crippen LogP contribution in [0.25, 0.3) is 0 Å². The van der Waals surface area contributed by atoms with E-state index < -0.39 is 6.10 Å². The van der Waals surface area contributed by atoms with Crippen LogP contribution in [-0.2, 0) is 4.79 Å². The zero-order chi connectivity index (χ0) is 15.2. The molecule has 0 aromatic rings. The molecule has 3 atom stereocenters. The van der Waals surface area contributed by atoms with Crippen molar-refractivity contribution in [2.24, 2.45) is 17.3 Å². The number of carbonyl (C=O) groups is 1. The van der Waals surface area contributed by atoms with Crippen molar-refractivity contribution >= 4 is 5.78 Å². The maximum absolute atomic E-state index is 11.0. The van der Waals surface area contributed by atoms with Gasteiger partial charge in [-0.1, -0.05) is 39.3 Å². The number of rotatable bonds is 8. The lowest BCUT2D eigenvalue weighted by Crippen LogP contribution is -2.23. The van der Waals surface area contributed by atoms with E-state index in [0.717, 1.165) is 6.42 Å². The van der Waals surface area contributed by atoms with E-state index in [2.05, 4.69) is 47.6 Å². The van der Waals surface area contributed by atoms with Crippen molar-refractivity contribution in [3.05, 3.63) is 11.6 Å². The minimum Gasteiger partial charge on any atom is -0.393 e. The Hall–Kier alpha value is -0.630. The molecule has 0 amide bonds. The molecule has 19 heavy (non-hydrogen) atoms. The summed E-state index contributed by atoms with van der Waals surface area (Å²) in [7, 11) is 0. The number of carbonyl (C=O) groups excluding carboxylic acids is 1. The lowest BCUT2D eigenvalue weighted by molar-refractivity contribution is -0.119. The minimum absolute atomic E-state index is 0.0669. The number of Topliss-reactive ketones (excluding diaryl/α,β-unsaturated/α-hetero) is 1. The highest BCUT2D eigenvalue weighted by Gasteiger charge is 2.24. The number of ketones is 1. The highest BCUT2D eigenvalue weighted by molar-refractivity contribution is 5.75. The van der Waals surface area contributed by atoms with Gasteiger partial charge in [0.05, 0.1) is 6.10 Å². The van der Waals surface area contributed by atoms with Crippen molar-refractivity contribution in [3.8, 4) is 0 Å². The van der Waals surface area contributed by atoms with Gasteiger partial charge in [-0.2, -0.15) is 0 Å². The first-order valence-corrected chi connectivity index (χ1v) is 7.37. The molecule has 0 fully saturated rings. The van der Waals surface area contributed by atoms with Gasteiger partial charge in [-0.05, 0) is 50.9 Å². The Morgan fingerprint density at radius 2 is 1.68 bits per heavy atom. The average Bonchev–Trinajstić information content (AvgIpc) is 2.12. The zero-order valence-electron chi connectivity index (χ0n) is 13.8. The maximum atomic E-state index is 11.0. The third-order valence-corrected chi connectivity index (χ3v) is 3.67. The van der Waals surface area contributed by atoms with Crippen LogP contribution in [-0.4, -0.2) is 17.0 Å². The van der Waals surface area contributed by atoms with E-state index in [1.54, 1.807) is 0 Å². The summed E-state index contributed by atoms with van der Waals surface area (Å²) in [5, 5.41) is 9.85. The summed E-state index contributed by atoms with van der Waals surface area (Å²) in [5.74, 6) is 1.03. The molecule has 2 nitrogen and oxygen atoms in total. The summed E-state index contributed by atoms with van der Waals surface area (Å²) in [6.45, 7) is 14.7. The third kappa shape index (κ3) is 8.99. The lowest BCUT2D eigenvalue weighted by Gasteiger charge is -2.30. The Kier molecular flexibility index (Phi) is 7.58. The van der Waals surface area contributed by atoms with Crippen LogP contribution in [0.4, 0.5) is 0 Å². The highest BCUT2D eigenvalue weighted by atomic mass is 16.3. The average molecular weight is 268 g/mol. The Morgan fingerprint density at radius 3 is 2.11 bits per heavy atom. The molecule has 0 rings (SSSR count). The van der Waals surface area contributed by atoms with E-state index in [9.17, 15) is 9.90 Å². The number of allylic oxidation sites excluding steroid dienone is 2. The number of hydrogen-bond donors (Lipinski definition) is 1. The predicted molar refractivity (Wildman–Crippen MR) is 82.1 cm³/mol. The van der Waals surface area contributed by atoms with Crippen LogP contribution in [0.2, 0.25) is 0 Å². The van der Waals surface area contributed by atoms with Crippen LogP contribution >= 0.6 is 0 Å². The fraction of sp³-hybridized carbons (Fsp3) is 0.824. The van der Waals surface area contributed by atoms with Gasteiger partial charge in [-0.25, -0.2) is 0 Å². The van der Waals surface area contributed by atoms with E-state index in [4.69, 9.17) is 0 Å². The molecule has 0 radical (unpaired) electrons. The normalized spacial score (nSPS) is 16.6. The number of hydrogen-bond acceptors (Lipinski definition) is 2. The summed E-state index contributed by atoms with van der Waals surface area (Å²) in [6.07, 6.45) is 3.94. The van der Waals surface area contributed by atoms with Gasteiger partial charge in [0, 0.05) is 6.42 Å². The molecule has 0 heterocycles. The van der Waals surface area contributed by atoms with Crippen LogP contribution in [0.5, 0.6) is 0 Å². The summed E-state index contributed by atoms with van der Waals surface area (Å²) in [6, 6.07) is 0. The third-order valence-electron chi connectivity index (χ3n) is 3.67. The molecule has 1 N–H and O–H groups in total. The van der Waals surface area contributed by atoms with Crippen molar-refractivity contribution in [2.75, 3.05) is 0 Å². The van der Waals surface area contributed by atoms with E-state index in [-0.39, 0.29) is 17.6 Å². The van der Waals surface area contributed by atoms with E-state index in [0.29, 0.717) is 18.3 Å². The molecular weight excluding hydrogens is 236 g/mol. The second-order valence-corrected chi connectivity index (χ2v) is 7.16. The van der Waals surface area contributed by atoms with Crippen molar-refractivity contribution in [1.29, 1.82) is 0 Å². The number of aliphatic hydroxyl groups excluding tert-OH is 1. The molecule has 0 aliphatic rings. The van der Waals surface area contributed by atoms with E-state index in [1.165, 1.54) is 12.5 Å². The first-order valence-electron chi connectivity index (χ1n) is 7.37. The maximum Gasteiger partial charge on any atom is 0.132 e. The fourth-order valence-electron chi connectivity index (χ4n) is 2.95. The Balaban J connectivity index is 4.38. The van der Waals surface area contributed by atoms with Crippen molar-refractivity contribution in [2.45, 2.75) is 73.8 Å². The second kappa shape index (κ2) is 7.84. The zero-order valence-corrected chi connectivity index (χ0v) is 13.8. The summed E-state index contributed by atoms with van der Waals surface area (Å²) < 4.78 is 0. The van der Waals surface area contributed by atoms with Crippen LogP contribution in [0.1, 0.15) is 67.7 Å². The number of aliphatic hydroxyl groups is 1. The van der Waals surface area contributed by atoms with Crippen LogP contribution in [0.15, 0.2) is 11.6 Å². The second-order valence-electron chi connectivity index (χ2n) is 7.16. The quantitative estimate of drug-likeness (QED) is 0.664. The van der Waals surface area contributed by atoms with Gasteiger partial charge in [-0.3, -0.25) is 4.79 Å². The molecule has 0 bridgehead atoms. The van der Waals surface area contributed by atoms with Crippen molar-refractivity contribution < 1.29 is 9.90 Å². The van der Waals surface area contributed by atoms with Gasteiger partial charge < -0.3 is 5.11 Å². The predicted octanol–water partition coefficient (Wildman–Crippen LogP) is 4.37. The molecule has 112 valence electrons. The molecule has 0 aromatic heterocycles. The Morgan fingerprint density at radius 1 is 1.16 bits per heavy atom. The largest absolute Gasteiger partial charge is 0.393 e. The molecule has 0 aliphatic heterocycles. The monoisotopic (exact) mass is 268 g/mol. The molecule has 0 saturated heterocycles. The molecule has 0 spiro atoms. The lowest BCUT2D eigenvalue weighted by atomic mass is 9.76. The van der Waals surface area contributed by atoms with Gasteiger partial charge >= 0.3 is 0 Å². The molecule has 2 heteroatoms. The van der Waals surface area contributed by atoms with Gasteiger partial charge in [0.2, 0.25) is 0 Å². The summed E-state index contributed by atoms with van der Waals surface area (Å²) in [4.78, 5) is 11.0. The van der Waals surface area contributed by atoms with Crippen LogP contribution in [0.3, 0.4) is 0 Å².